The number of nitrogens with zero attached hydrogens (tertiary/aromatic N) is 2. The van der Waals surface area contributed by atoms with E-state index in [1.165, 1.54) is 0 Å². The molecule has 0 bridgehead atoms. The number of rotatable bonds is 7. The van der Waals surface area contributed by atoms with Crippen molar-refractivity contribution in [2.75, 3.05) is 6.54 Å². The van der Waals surface area contributed by atoms with Crippen molar-refractivity contribution in [3.8, 4) is 0 Å². The van der Waals surface area contributed by atoms with Gasteiger partial charge in [0.15, 0.2) is 0 Å². The average Bonchev–Trinajstić information content (AvgIpc) is 2.99. The van der Waals surface area contributed by atoms with Crippen LogP contribution in [-0.4, -0.2) is 22.0 Å². The zero-order chi connectivity index (χ0) is 14.2. The number of imidazole rings is 1. The SMILES string of the molecule is NC(CCNC(=O)CCn1ccnc1)c1ccccc1. The minimum absolute atomic E-state index is 0.0369. The fourth-order valence-corrected chi connectivity index (χ4v) is 1.97. The van der Waals surface area contributed by atoms with E-state index in [-0.39, 0.29) is 11.9 Å². The number of carbonyl (C=O) groups is 1. The molecule has 0 saturated carbocycles. The Bertz CT molecular complexity index is 510. The van der Waals surface area contributed by atoms with Crippen molar-refractivity contribution in [3.05, 3.63) is 54.6 Å². The summed E-state index contributed by atoms with van der Waals surface area (Å²) in [6, 6.07) is 9.88. The summed E-state index contributed by atoms with van der Waals surface area (Å²) in [6.07, 6.45) is 6.45. The highest BCUT2D eigenvalue weighted by Crippen LogP contribution is 2.12. The number of aryl methyl sites for hydroxylation is 1. The molecule has 1 amide bonds. The lowest BCUT2D eigenvalue weighted by Crippen LogP contribution is -2.27. The highest BCUT2D eigenvalue weighted by atomic mass is 16.1. The van der Waals surface area contributed by atoms with Crippen LogP contribution < -0.4 is 11.1 Å². The predicted molar refractivity (Wildman–Crippen MR) is 77.8 cm³/mol. The number of amides is 1. The second-order valence-electron chi connectivity index (χ2n) is 4.71. The first-order valence-corrected chi connectivity index (χ1v) is 6.78. The number of benzene rings is 1. The van der Waals surface area contributed by atoms with Crippen molar-refractivity contribution in [3.63, 3.8) is 0 Å². The summed E-state index contributed by atoms with van der Waals surface area (Å²) in [5, 5.41) is 2.89. The highest BCUT2D eigenvalue weighted by Gasteiger charge is 2.06. The number of carbonyl (C=O) groups excluding carboxylic acids is 1. The lowest BCUT2D eigenvalue weighted by Gasteiger charge is -2.12. The molecule has 3 N–H and O–H groups in total. The zero-order valence-corrected chi connectivity index (χ0v) is 11.4. The quantitative estimate of drug-likeness (QED) is 0.802. The maximum Gasteiger partial charge on any atom is 0.221 e. The normalized spacial score (nSPS) is 12.1. The monoisotopic (exact) mass is 272 g/mol. The third kappa shape index (κ3) is 4.51. The van der Waals surface area contributed by atoms with Crippen LogP contribution in [0.25, 0.3) is 0 Å². The number of hydrogen-bond acceptors (Lipinski definition) is 3. The standard InChI is InChI=1S/C15H20N4O/c16-14(13-4-2-1-3-5-13)6-8-18-15(20)7-10-19-11-9-17-12-19/h1-5,9,11-12,14H,6-8,10,16H2,(H,18,20). The van der Waals surface area contributed by atoms with Crippen molar-refractivity contribution >= 4 is 5.91 Å². The van der Waals surface area contributed by atoms with Crippen molar-refractivity contribution in [1.82, 2.24) is 14.9 Å². The van der Waals surface area contributed by atoms with Gasteiger partial charge in [0.2, 0.25) is 5.91 Å². The van der Waals surface area contributed by atoms with E-state index in [4.69, 9.17) is 5.73 Å². The lowest BCUT2D eigenvalue weighted by molar-refractivity contribution is -0.121. The Morgan fingerprint density at radius 3 is 2.85 bits per heavy atom. The molecular weight excluding hydrogens is 252 g/mol. The molecule has 1 unspecified atom stereocenters. The van der Waals surface area contributed by atoms with Gasteiger partial charge in [0.25, 0.3) is 0 Å². The van der Waals surface area contributed by atoms with E-state index in [1.54, 1.807) is 12.5 Å². The smallest absolute Gasteiger partial charge is 0.221 e. The Kier molecular flexibility index (Phi) is 5.32. The molecule has 1 aromatic carbocycles. The molecule has 20 heavy (non-hydrogen) atoms. The maximum absolute atomic E-state index is 11.7. The van der Waals surface area contributed by atoms with Gasteiger partial charge in [-0.2, -0.15) is 0 Å². The lowest BCUT2D eigenvalue weighted by atomic mass is 10.1. The molecule has 1 atom stereocenters. The van der Waals surface area contributed by atoms with Crippen LogP contribution in [0, 0.1) is 0 Å². The van der Waals surface area contributed by atoms with Crippen LogP contribution >= 0.6 is 0 Å². The average molecular weight is 272 g/mol. The minimum atomic E-state index is -0.0369. The Morgan fingerprint density at radius 2 is 2.15 bits per heavy atom. The predicted octanol–water partition coefficient (Wildman–Crippen LogP) is 1.48. The van der Waals surface area contributed by atoms with Gasteiger partial charge in [-0.1, -0.05) is 30.3 Å². The summed E-state index contributed by atoms with van der Waals surface area (Å²) in [5.74, 6) is 0.0407. The fourth-order valence-electron chi connectivity index (χ4n) is 1.97. The van der Waals surface area contributed by atoms with E-state index in [2.05, 4.69) is 10.3 Å². The summed E-state index contributed by atoms with van der Waals surface area (Å²) >= 11 is 0. The van der Waals surface area contributed by atoms with Crippen LogP contribution in [-0.2, 0) is 11.3 Å². The molecule has 5 nitrogen and oxygen atoms in total. The van der Waals surface area contributed by atoms with Gasteiger partial charge >= 0.3 is 0 Å². The molecule has 0 spiro atoms. The van der Waals surface area contributed by atoms with Gasteiger partial charge in [0.05, 0.1) is 6.33 Å². The number of hydrogen-bond donors (Lipinski definition) is 2. The first kappa shape index (κ1) is 14.3. The molecule has 0 aliphatic rings. The van der Waals surface area contributed by atoms with E-state index in [1.807, 2.05) is 41.1 Å². The van der Waals surface area contributed by atoms with Gasteiger partial charge in [-0.3, -0.25) is 4.79 Å². The number of nitrogens with one attached hydrogen (secondary N) is 1. The summed E-state index contributed by atoms with van der Waals surface area (Å²) in [5.41, 5.74) is 7.17. The molecule has 0 radical (unpaired) electrons. The van der Waals surface area contributed by atoms with E-state index < -0.39 is 0 Å². The highest BCUT2D eigenvalue weighted by molar-refractivity contribution is 5.75. The van der Waals surface area contributed by atoms with E-state index in [0.29, 0.717) is 19.5 Å². The Labute approximate surface area is 118 Å². The van der Waals surface area contributed by atoms with Gasteiger partial charge in [-0.15, -0.1) is 0 Å². The Morgan fingerprint density at radius 1 is 1.35 bits per heavy atom. The molecule has 2 rings (SSSR count). The summed E-state index contributed by atoms with van der Waals surface area (Å²) in [4.78, 5) is 15.6. The molecule has 0 fully saturated rings. The molecule has 0 aliphatic carbocycles. The van der Waals surface area contributed by atoms with E-state index in [0.717, 1.165) is 12.0 Å². The van der Waals surface area contributed by atoms with Crippen molar-refractivity contribution in [2.45, 2.75) is 25.4 Å². The molecule has 5 heteroatoms. The molecule has 0 saturated heterocycles. The van der Waals surface area contributed by atoms with Crippen LogP contribution in [0.1, 0.15) is 24.4 Å². The molecule has 0 aliphatic heterocycles. The number of nitrogens with two attached hydrogens (primary N) is 1. The second kappa shape index (κ2) is 7.45. The summed E-state index contributed by atoms with van der Waals surface area (Å²) < 4.78 is 1.88. The second-order valence-corrected chi connectivity index (χ2v) is 4.71. The number of aromatic nitrogens is 2. The summed E-state index contributed by atoms with van der Waals surface area (Å²) in [7, 11) is 0. The first-order chi connectivity index (χ1) is 9.75. The maximum atomic E-state index is 11.7. The Balaban J connectivity index is 1.64. The summed E-state index contributed by atoms with van der Waals surface area (Å²) in [6.45, 7) is 1.25. The Hall–Kier alpha value is -2.14. The van der Waals surface area contributed by atoms with Crippen LogP contribution in [0.3, 0.4) is 0 Å². The van der Waals surface area contributed by atoms with Gasteiger partial charge in [-0.05, 0) is 12.0 Å². The largest absolute Gasteiger partial charge is 0.356 e. The zero-order valence-electron chi connectivity index (χ0n) is 11.4. The first-order valence-electron chi connectivity index (χ1n) is 6.78. The van der Waals surface area contributed by atoms with Crippen molar-refractivity contribution in [2.24, 2.45) is 5.73 Å². The topological polar surface area (TPSA) is 72.9 Å². The fraction of sp³-hybridized carbons (Fsp3) is 0.333. The van der Waals surface area contributed by atoms with Gasteiger partial charge in [-0.25, -0.2) is 4.98 Å². The van der Waals surface area contributed by atoms with Crippen molar-refractivity contribution < 1.29 is 4.79 Å². The van der Waals surface area contributed by atoms with Crippen LogP contribution in [0.15, 0.2) is 49.1 Å². The minimum Gasteiger partial charge on any atom is -0.356 e. The molecule has 2 aromatic rings. The van der Waals surface area contributed by atoms with Crippen LogP contribution in [0.2, 0.25) is 0 Å². The molecule has 1 aromatic heterocycles. The van der Waals surface area contributed by atoms with E-state index >= 15 is 0 Å². The molecule has 106 valence electrons. The van der Waals surface area contributed by atoms with Crippen LogP contribution in [0.4, 0.5) is 0 Å². The van der Waals surface area contributed by atoms with Crippen LogP contribution in [0.5, 0.6) is 0 Å². The molecular formula is C15H20N4O. The third-order valence-electron chi connectivity index (χ3n) is 3.16. The third-order valence-corrected chi connectivity index (χ3v) is 3.16. The van der Waals surface area contributed by atoms with Gasteiger partial charge < -0.3 is 15.6 Å². The molecule has 1 heterocycles. The van der Waals surface area contributed by atoms with Crippen molar-refractivity contribution in [1.29, 1.82) is 0 Å². The van der Waals surface area contributed by atoms with Gasteiger partial charge in [0.1, 0.15) is 0 Å². The van der Waals surface area contributed by atoms with Gasteiger partial charge in [0, 0.05) is 37.9 Å². The van der Waals surface area contributed by atoms with E-state index in [9.17, 15) is 4.79 Å².